The van der Waals surface area contributed by atoms with E-state index in [0.29, 0.717) is 0 Å². The molecular weight excluding hydrogens is 330 g/mol. The summed E-state index contributed by atoms with van der Waals surface area (Å²) in [4.78, 5) is 38.8. The van der Waals surface area contributed by atoms with Crippen LogP contribution in [0.5, 0.6) is 0 Å². The fourth-order valence-corrected chi connectivity index (χ4v) is 0.714. The van der Waals surface area contributed by atoms with Crippen LogP contribution >= 0.6 is 0 Å². The van der Waals surface area contributed by atoms with Crippen molar-refractivity contribution in [3.8, 4) is 0 Å². The molecule has 0 saturated carbocycles. The van der Waals surface area contributed by atoms with Crippen LogP contribution in [0, 0.1) is 0 Å². The van der Waals surface area contributed by atoms with Crippen molar-refractivity contribution < 1.29 is 114 Å². The van der Waals surface area contributed by atoms with Crippen LogP contribution in [0.3, 0.4) is 0 Å². The second-order valence-electron chi connectivity index (χ2n) is 2.73. The molecule has 0 aromatic carbocycles. The first-order valence-corrected chi connectivity index (χ1v) is 3.78. The molecule has 14 heteroatoms. The summed E-state index contributed by atoms with van der Waals surface area (Å²) < 4.78 is 0. The Morgan fingerprint density at radius 1 is 0.857 bits per heavy atom. The number of carbonyl (C=O) groups excluding carboxylic acids is 1. The Balaban J connectivity index is -0.0000000629. The molecule has 11 nitrogen and oxygen atoms in total. The molecule has 0 aliphatic carbocycles. The van der Waals surface area contributed by atoms with E-state index < -0.39 is 42.5 Å². The predicted molar refractivity (Wildman–Crippen MR) is 48.9 cm³/mol. The van der Waals surface area contributed by atoms with E-state index in [4.69, 9.17) is 35.4 Å². The smallest absolute Gasteiger partial charge is 2.00 e. The van der Waals surface area contributed by atoms with Gasteiger partial charge < -0.3 is 40.9 Å². The maximum Gasteiger partial charge on any atom is 2.00 e. The van der Waals surface area contributed by atoms with Crippen molar-refractivity contribution in [2.75, 3.05) is 0 Å². The zero-order valence-corrected chi connectivity index (χ0v) is 16.7. The number of hydrogen-bond donors (Lipinski definition) is 4. The molecule has 0 spiro atoms. The fraction of sp³-hybridized carbons (Fsp3) is 0.429. The standard InChI is InChI=1S/C6H8O7.CH2O3.Mg.2Na.O/c7-3(8)1-6(13,5(11)12)2-4(9)10;2-1(3)4;;;;/h13H,1-2H2,(H,7,8)(H,9,10)(H,11,12);(H2,2,3,4);;;;/q;;+2;2*+1;-2/p-2. The molecule has 21 heavy (non-hydrogen) atoms. The number of aliphatic carboxylic acids is 3. The maximum absolute atomic E-state index is 10.3. The molecule has 4 N–H and O–H groups in total. The van der Waals surface area contributed by atoms with Crippen LogP contribution in [0.1, 0.15) is 12.8 Å². The molecule has 0 saturated heterocycles. The molecule has 0 heterocycles. The van der Waals surface area contributed by atoms with Crippen LogP contribution < -0.4 is 69.3 Å². The van der Waals surface area contributed by atoms with Gasteiger partial charge in [0.1, 0.15) is 0 Å². The number of hydrogen-bond acceptors (Lipinski definition) is 7. The summed E-state index contributed by atoms with van der Waals surface area (Å²) in [6.07, 6.45) is -4.62. The van der Waals surface area contributed by atoms with Gasteiger partial charge in [-0.2, -0.15) is 0 Å². The Morgan fingerprint density at radius 2 is 1.05 bits per heavy atom. The summed E-state index contributed by atoms with van der Waals surface area (Å²) in [6.45, 7) is 0. The van der Waals surface area contributed by atoms with E-state index in [1.165, 1.54) is 0 Å². The van der Waals surface area contributed by atoms with E-state index in [0.717, 1.165) is 0 Å². The first-order chi connectivity index (χ1) is 7.51. The summed E-state index contributed by atoms with van der Waals surface area (Å²) in [7, 11) is 0. The zero-order valence-electron chi connectivity index (χ0n) is 11.3. The summed E-state index contributed by atoms with van der Waals surface area (Å²) in [6, 6.07) is 0. The topological polar surface area (TPSA) is 224 Å². The van der Waals surface area contributed by atoms with Gasteiger partial charge in [0.2, 0.25) is 0 Å². The van der Waals surface area contributed by atoms with E-state index in [1.54, 1.807) is 0 Å². The van der Waals surface area contributed by atoms with E-state index in [1.807, 2.05) is 0 Å². The normalized spacial score (nSPS) is 7.86. The second kappa shape index (κ2) is 18.4. The average Bonchev–Trinajstić information content (AvgIpc) is 1.98. The molecule has 0 aromatic rings. The molecule has 0 radical (unpaired) electrons. The number of carbonyl (C=O) groups is 4. The number of rotatable bonds is 5. The first kappa shape index (κ1) is 37.5. The Hall–Kier alpha value is 0.366. The molecule has 0 rings (SSSR count). The number of aliphatic hydroxyl groups is 1. The van der Waals surface area contributed by atoms with Crippen molar-refractivity contribution in [1.29, 1.82) is 0 Å². The van der Waals surface area contributed by atoms with Crippen LogP contribution in [-0.4, -0.2) is 73.1 Å². The summed E-state index contributed by atoms with van der Waals surface area (Å²) in [5.41, 5.74) is -2.74. The van der Waals surface area contributed by atoms with Crippen LogP contribution in [0.2, 0.25) is 0 Å². The van der Waals surface area contributed by atoms with Gasteiger partial charge in [0, 0.05) is 0 Å². The summed E-state index contributed by atoms with van der Waals surface area (Å²) in [5, 5.41) is 50.5. The Morgan fingerprint density at radius 3 is 1.14 bits per heavy atom. The van der Waals surface area contributed by atoms with Gasteiger partial charge in [-0.1, -0.05) is 0 Å². The van der Waals surface area contributed by atoms with Gasteiger partial charge in [-0.15, -0.1) is 0 Å². The van der Waals surface area contributed by atoms with Gasteiger partial charge in [-0.3, -0.25) is 9.59 Å². The van der Waals surface area contributed by atoms with Crippen molar-refractivity contribution in [3.63, 3.8) is 0 Å². The van der Waals surface area contributed by atoms with Crippen molar-refractivity contribution >= 4 is 47.1 Å². The molecule has 0 aliphatic rings. The van der Waals surface area contributed by atoms with Crippen LogP contribution in [0.4, 0.5) is 4.79 Å². The maximum atomic E-state index is 10.3. The minimum Gasteiger partial charge on any atom is -2.00 e. The minimum absolute atomic E-state index is 0. The van der Waals surface area contributed by atoms with Crippen LogP contribution in [0.15, 0.2) is 0 Å². The Bertz CT molecular complexity index is 315. The fourth-order valence-electron chi connectivity index (χ4n) is 0.714. The SMILES string of the molecule is O=C(O)CC(O)(CC(=O)O)C(=O)O.O=C([O-])[O-].[Mg+2].[Na+].[Na+].[O-2]. The zero-order chi connectivity index (χ0) is 14.2. The monoisotopic (exact) mass is 338 g/mol. The Labute approximate surface area is 178 Å². The average molecular weight is 338 g/mol. The number of carboxylic acid groups (broad SMARTS) is 5. The third kappa shape index (κ3) is 25.6. The van der Waals surface area contributed by atoms with Crippen LogP contribution in [0.25, 0.3) is 0 Å². The molecule has 0 bridgehead atoms. The molecular formula is C7H8MgNa2O11. The third-order valence-corrected chi connectivity index (χ3v) is 1.29. The second-order valence-corrected chi connectivity index (χ2v) is 2.73. The van der Waals surface area contributed by atoms with Crippen LogP contribution in [-0.2, 0) is 19.9 Å². The molecule has 0 aliphatic heterocycles. The first-order valence-electron chi connectivity index (χ1n) is 3.78. The largest absolute Gasteiger partial charge is 2.00 e. The number of carboxylic acids is 3. The molecule has 0 aromatic heterocycles. The van der Waals surface area contributed by atoms with Gasteiger partial charge in [-0.25, -0.2) is 4.79 Å². The van der Waals surface area contributed by atoms with E-state index in [-0.39, 0.29) is 87.6 Å². The quantitative estimate of drug-likeness (QED) is 0.346. The van der Waals surface area contributed by atoms with Gasteiger partial charge >= 0.3 is 100 Å². The van der Waals surface area contributed by atoms with Gasteiger partial charge in [0.05, 0.1) is 12.8 Å². The predicted octanol–water partition coefficient (Wildman–Crippen LogP) is -10.2. The summed E-state index contributed by atoms with van der Waals surface area (Å²) >= 11 is 0. The van der Waals surface area contributed by atoms with E-state index in [9.17, 15) is 14.4 Å². The molecule has 0 fully saturated rings. The molecule has 0 unspecified atom stereocenters. The van der Waals surface area contributed by atoms with Gasteiger partial charge in [0.15, 0.2) is 5.60 Å². The van der Waals surface area contributed by atoms with Crippen molar-refractivity contribution in [2.45, 2.75) is 18.4 Å². The molecule has 0 amide bonds. The van der Waals surface area contributed by atoms with Gasteiger partial charge in [0.25, 0.3) is 0 Å². The summed E-state index contributed by atoms with van der Waals surface area (Å²) in [5.74, 6) is -5.02. The van der Waals surface area contributed by atoms with Crippen molar-refractivity contribution in [2.24, 2.45) is 0 Å². The third-order valence-electron chi connectivity index (χ3n) is 1.29. The van der Waals surface area contributed by atoms with E-state index in [2.05, 4.69) is 0 Å². The Kier molecular flexibility index (Phi) is 32.9. The van der Waals surface area contributed by atoms with E-state index >= 15 is 0 Å². The molecule has 0 atom stereocenters. The van der Waals surface area contributed by atoms with Crippen molar-refractivity contribution in [3.05, 3.63) is 0 Å². The molecule has 106 valence electrons. The van der Waals surface area contributed by atoms with Crippen molar-refractivity contribution in [1.82, 2.24) is 0 Å². The van der Waals surface area contributed by atoms with Gasteiger partial charge in [-0.05, 0) is 6.16 Å². The minimum atomic E-state index is -2.74.